The van der Waals surface area contributed by atoms with Gasteiger partial charge in [0, 0.05) is 24.3 Å². The lowest BCUT2D eigenvalue weighted by Crippen LogP contribution is -2.33. The predicted octanol–water partition coefficient (Wildman–Crippen LogP) is 5.38. The number of halogens is 1. The quantitative estimate of drug-likeness (QED) is 0.474. The Hall–Kier alpha value is -2.96. The first-order valence-corrected chi connectivity index (χ1v) is 11.4. The predicted molar refractivity (Wildman–Crippen MR) is 122 cm³/mol. The highest BCUT2D eigenvalue weighted by atomic mass is 19.1. The largest absolute Gasteiger partial charge is 0.494 e. The first-order valence-electron chi connectivity index (χ1n) is 11.4. The molecule has 0 N–H and O–H groups in total. The topological polar surface area (TPSA) is 60.2 Å². The summed E-state index contributed by atoms with van der Waals surface area (Å²) in [6, 6.07) is 8.58. The van der Waals surface area contributed by atoms with Crippen LogP contribution in [0.25, 0.3) is 11.2 Å². The molecular weight excluding hydrogens is 407 g/mol. The van der Waals surface area contributed by atoms with E-state index in [4.69, 9.17) is 9.72 Å². The van der Waals surface area contributed by atoms with Crippen LogP contribution in [0.15, 0.2) is 36.5 Å². The van der Waals surface area contributed by atoms with Crippen LogP contribution in [0.5, 0.6) is 5.75 Å². The molecule has 0 saturated heterocycles. The Morgan fingerprint density at radius 3 is 2.75 bits per heavy atom. The average molecular weight is 439 g/mol. The van der Waals surface area contributed by atoms with Crippen molar-refractivity contribution < 1.29 is 13.9 Å². The van der Waals surface area contributed by atoms with Gasteiger partial charge in [-0.15, -0.1) is 0 Å². The molecule has 0 unspecified atom stereocenters. The number of benzene rings is 1. The number of ether oxygens (including phenoxy) is 1. The third-order valence-corrected chi connectivity index (χ3v) is 6.21. The molecule has 1 amide bonds. The Morgan fingerprint density at radius 1 is 1.28 bits per heavy atom. The average Bonchev–Trinajstić information content (AvgIpc) is 3.43. The highest BCUT2D eigenvalue weighted by Gasteiger charge is 2.26. The fraction of sp³-hybridized carbons (Fsp3) is 0.480. The number of carbonyl (C=O) groups is 1. The van der Waals surface area contributed by atoms with Gasteiger partial charge in [-0.3, -0.25) is 4.79 Å². The molecule has 1 aromatic carbocycles. The number of amides is 1. The Bertz CT molecular complexity index is 1090. The van der Waals surface area contributed by atoms with Crippen LogP contribution in [0.3, 0.4) is 0 Å². The zero-order valence-corrected chi connectivity index (χ0v) is 19.1. The number of methoxy groups -OCH3 is 1. The van der Waals surface area contributed by atoms with E-state index in [-0.39, 0.29) is 11.7 Å². The van der Waals surface area contributed by atoms with Crippen LogP contribution in [-0.2, 0) is 6.54 Å². The SMILES string of the molecule is COc1ccc(C(=O)N(CCC(C)C)Cc2nc3cccnc3n2C2CCCC2)cc1F. The molecule has 1 aliphatic carbocycles. The molecule has 6 nitrogen and oxygen atoms in total. The summed E-state index contributed by atoms with van der Waals surface area (Å²) in [5, 5.41) is 0. The minimum atomic E-state index is -0.537. The number of hydrogen-bond acceptors (Lipinski definition) is 4. The Balaban J connectivity index is 1.68. The second-order valence-corrected chi connectivity index (χ2v) is 8.94. The van der Waals surface area contributed by atoms with Crippen molar-refractivity contribution in [2.24, 2.45) is 5.92 Å². The van der Waals surface area contributed by atoms with Crippen molar-refractivity contribution in [3.05, 3.63) is 53.7 Å². The van der Waals surface area contributed by atoms with E-state index in [9.17, 15) is 9.18 Å². The Kier molecular flexibility index (Phi) is 6.72. The number of aromatic nitrogens is 3. The van der Waals surface area contributed by atoms with Crippen molar-refractivity contribution in [3.8, 4) is 5.75 Å². The number of nitrogens with zero attached hydrogens (tertiary/aromatic N) is 4. The summed E-state index contributed by atoms with van der Waals surface area (Å²) in [5.74, 6) is 0.670. The Labute approximate surface area is 188 Å². The fourth-order valence-electron chi connectivity index (χ4n) is 4.45. The molecule has 3 aromatic rings. The van der Waals surface area contributed by atoms with Gasteiger partial charge in [-0.05, 0) is 55.5 Å². The number of fused-ring (bicyclic) bond motifs is 1. The van der Waals surface area contributed by atoms with Crippen molar-refractivity contribution in [2.45, 2.75) is 58.5 Å². The maximum absolute atomic E-state index is 14.3. The van der Waals surface area contributed by atoms with E-state index in [2.05, 4.69) is 23.4 Å². The summed E-state index contributed by atoms with van der Waals surface area (Å²) in [4.78, 5) is 24.7. The van der Waals surface area contributed by atoms with Crippen LogP contribution in [-0.4, -0.2) is 39.0 Å². The van der Waals surface area contributed by atoms with Gasteiger partial charge in [-0.2, -0.15) is 0 Å². The summed E-state index contributed by atoms with van der Waals surface area (Å²) in [6.45, 7) is 5.21. The van der Waals surface area contributed by atoms with Gasteiger partial charge in [-0.25, -0.2) is 14.4 Å². The highest BCUT2D eigenvalue weighted by molar-refractivity contribution is 5.94. The maximum Gasteiger partial charge on any atom is 0.254 e. The molecule has 0 atom stereocenters. The molecule has 0 radical (unpaired) electrons. The molecule has 2 heterocycles. The summed E-state index contributed by atoms with van der Waals surface area (Å²) in [5.41, 5.74) is 2.04. The van der Waals surface area contributed by atoms with Crippen LogP contribution in [0.2, 0.25) is 0 Å². The fourth-order valence-corrected chi connectivity index (χ4v) is 4.45. The zero-order chi connectivity index (χ0) is 22.7. The number of pyridine rings is 1. The molecule has 0 spiro atoms. The molecule has 1 aliphatic rings. The first-order chi connectivity index (χ1) is 15.5. The van der Waals surface area contributed by atoms with Gasteiger partial charge in [0.25, 0.3) is 5.91 Å². The standard InChI is InChI=1S/C25H31FN4O2/c1-17(2)12-14-29(25(31)18-10-11-22(32-3)20(26)15-18)16-23-28-21-9-6-13-27-24(21)30(23)19-7-4-5-8-19/h6,9-11,13,15,17,19H,4-5,7-8,12,14,16H2,1-3H3. The first kappa shape index (κ1) is 22.2. The lowest BCUT2D eigenvalue weighted by atomic mass is 10.1. The van der Waals surface area contributed by atoms with Crippen molar-refractivity contribution in [2.75, 3.05) is 13.7 Å². The lowest BCUT2D eigenvalue weighted by Gasteiger charge is -2.25. The van der Waals surface area contributed by atoms with E-state index < -0.39 is 5.82 Å². The van der Waals surface area contributed by atoms with Crippen LogP contribution >= 0.6 is 0 Å². The van der Waals surface area contributed by atoms with E-state index in [0.717, 1.165) is 36.3 Å². The summed E-state index contributed by atoms with van der Waals surface area (Å²) in [6.07, 6.45) is 7.22. The van der Waals surface area contributed by atoms with E-state index in [1.165, 1.54) is 32.1 Å². The Morgan fingerprint density at radius 2 is 2.06 bits per heavy atom. The summed E-state index contributed by atoms with van der Waals surface area (Å²) < 4.78 is 21.5. The minimum Gasteiger partial charge on any atom is -0.494 e. The lowest BCUT2D eigenvalue weighted by molar-refractivity contribution is 0.0728. The molecule has 1 fully saturated rings. The van der Waals surface area contributed by atoms with Crippen molar-refractivity contribution in [1.82, 2.24) is 19.4 Å². The maximum atomic E-state index is 14.3. The normalized spacial score (nSPS) is 14.4. The van der Waals surface area contributed by atoms with Gasteiger partial charge in [-0.1, -0.05) is 26.7 Å². The van der Waals surface area contributed by atoms with Crippen LogP contribution in [0.1, 0.15) is 68.2 Å². The van der Waals surface area contributed by atoms with Crippen LogP contribution in [0, 0.1) is 11.7 Å². The van der Waals surface area contributed by atoms with E-state index >= 15 is 0 Å². The minimum absolute atomic E-state index is 0.129. The van der Waals surface area contributed by atoms with E-state index in [0.29, 0.717) is 30.6 Å². The highest BCUT2D eigenvalue weighted by Crippen LogP contribution is 2.33. The van der Waals surface area contributed by atoms with E-state index in [1.54, 1.807) is 17.2 Å². The molecule has 0 aliphatic heterocycles. The van der Waals surface area contributed by atoms with Gasteiger partial charge in [0.05, 0.1) is 13.7 Å². The molecule has 32 heavy (non-hydrogen) atoms. The van der Waals surface area contributed by atoms with Crippen molar-refractivity contribution in [3.63, 3.8) is 0 Å². The molecular formula is C25H31FN4O2. The van der Waals surface area contributed by atoms with Gasteiger partial charge in [0.15, 0.2) is 17.2 Å². The van der Waals surface area contributed by atoms with Crippen molar-refractivity contribution in [1.29, 1.82) is 0 Å². The number of imidazole rings is 1. The molecule has 0 bridgehead atoms. The van der Waals surface area contributed by atoms with Crippen LogP contribution < -0.4 is 4.74 Å². The van der Waals surface area contributed by atoms with Crippen molar-refractivity contribution >= 4 is 17.1 Å². The molecule has 4 rings (SSSR count). The zero-order valence-electron chi connectivity index (χ0n) is 19.1. The molecule has 7 heteroatoms. The summed E-state index contributed by atoms with van der Waals surface area (Å²) >= 11 is 0. The van der Waals surface area contributed by atoms with Gasteiger partial charge in [0.2, 0.25) is 0 Å². The number of rotatable bonds is 8. The second-order valence-electron chi connectivity index (χ2n) is 8.94. The summed E-state index contributed by atoms with van der Waals surface area (Å²) in [7, 11) is 1.41. The van der Waals surface area contributed by atoms with Gasteiger partial charge < -0.3 is 14.2 Å². The third kappa shape index (κ3) is 4.61. The molecule has 2 aromatic heterocycles. The molecule has 1 saturated carbocycles. The smallest absolute Gasteiger partial charge is 0.254 e. The monoisotopic (exact) mass is 438 g/mol. The second kappa shape index (κ2) is 9.67. The van der Waals surface area contributed by atoms with E-state index in [1.807, 2.05) is 12.1 Å². The van der Waals surface area contributed by atoms with Crippen LogP contribution in [0.4, 0.5) is 4.39 Å². The molecule has 170 valence electrons. The van der Waals surface area contributed by atoms with Gasteiger partial charge >= 0.3 is 0 Å². The third-order valence-electron chi connectivity index (χ3n) is 6.21. The number of hydrogen-bond donors (Lipinski definition) is 0. The van der Waals surface area contributed by atoms with Gasteiger partial charge in [0.1, 0.15) is 11.3 Å². The number of carbonyl (C=O) groups excluding carboxylic acids is 1.